The van der Waals surface area contributed by atoms with Crippen LogP contribution in [0.3, 0.4) is 0 Å². The number of nitrogens with zero attached hydrogens (tertiary/aromatic N) is 1. The third-order valence-corrected chi connectivity index (χ3v) is 4.80. The highest BCUT2D eigenvalue weighted by atomic mass is 35.5. The summed E-state index contributed by atoms with van der Waals surface area (Å²) in [6.07, 6.45) is 1.31. The van der Waals surface area contributed by atoms with Crippen LogP contribution < -0.4 is 5.32 Å². The predicted octanol–water partition coefficient (Wildman–Crippen LogP) is 0.470. The summed E-state index contributed by atoms with van der Waals surface area (Å²) in [5.41, 5.74) is 0. The maximum atomic E-state index is 11.3. The minimum atomic E-state index is -0.551. The van der Waals surface area contributed by atoms with Gasteiger partial charge in [0.1, 0.15) is 0 Å². The van der Waals surface area contributed by atoms with E-state index in [1.165, 1.54) is 26.1 Å². The molecule has 3 nitrogen and oxygen atoms in total. The molecule has 2 saturated heterocycles. The lowest BCUT2D eigenvalue weighted by Gasteiger charge is -2.34. The Kier molecular flexibility index (Phi) is 5.53. The third kappa shape index (κ3) is 3.70. The summed E-state index contributed by atoms with van der Waals surface area (Å²) >= 11 is 0. The highest BCUT2D eigenvalue weighted by Gasteiger charge is 2.26. The second kappa shape index (κ2) is 6.18. The normalized spacial score (nSPS) is 37.5. The summed E-state index contributed by atoms with van der Waals surface area (Å²) in [6.45, 7) is 6.79. The van der Waals surface area contributed by atoms with E-state index in [0.717, 1.165) is 24.0 Å². The summed E-state index contributed by atoms with van der Waals surface area (Å²) in [6, 6.07) is 0.519. The number of halogens is 1. The van der Waals surface area contributed by atoms with Gasteiger partial charge in [-0.2, -0.15) is 0 Å². The highest BCUT2D eigenvalue weighted by molar-refractivity contribution is 7.85. The van der Waals surface area contributed by atoms with Crippen molar-refractivity contribution in [2.45, 2.75) is 19.4 Å². The summed E-state index contributed by atoms with van der Waals surface area (Å²) in [4.78, 5) is 2.51. The number of nitrogens with one attached hydrogen (secondary N) is 1. The first-order valence-corrected chi connectivity index (χ1v) is 7.04. The summed E-state index contributed by atoms with van der Waals surface area (Å²) in [5, 5.41) is 3.40. The number of hydrogen-bond acceptors (Lipinski definition) is 3. The zero-order chi connectivity index (χ0) is 9.97. The van der Waals surface area contributed by atoms with E-state index in [4.69, 9.17) is 0 Å². The first kappa shape index (κ1) is 13.4. The van der Waals surface area contributed by atoms with Gasteiger partial charge in [-0.25, -0.2) is 0 Å². The van der Waals surface area contributed by atoms with Gasteiger partial charge in [-0.05, 0) is 32.4 Å². The van der Waals surface area contributed by atoms with E-state index in [-0.39, 0.29) is 12.4 Å². The molecule has 2 fully saturated rings. The Balaban J connectivity index is 0.00000112. The Morgan fingerprint density at radius 1 is 1.53 bits per heavy atom. The van der Waals surface area contributed by atoms with Crippen LogP contribution in [0.1, 0.15) is 13.3 Å². The minimum Gasteiger partial charge on any atom is -0.316 e. The summed E-state index contributed by atoms with van der Waals surface area (Å²) in [5.74, 6) is 2.58. The second-order valence-electron chi connectivity index (χ2n) is 4.51. The second-order valence-corrected chi connectivity index (χ2v) is 6.13. The molecule has 0 aromatic heterocycles. The van der Waals surface area contributed by atoms with E-state index in [9.17, 15) is 4.21 Å². The molecule has 90 valence electrons. The van der Waals surface area contributed by atoms with E-state index in [1.54, 1.807) is 0 Å². The molecule has 5 heteroatoms. The van der Waals surface area contributed by atoms with Gasteiger partial charge in [0.25, 0.3) is 0 Å². The van der Waals surface area contributed by atoms with Crippen LogP contribution in [0.25, 0.3) is 0 Å². The number of hydrogen-bond donors (Lipinski definition) is 1. The molecule has 0 bridgehead atoms. The van der Waals surface area contributed by atoms with Crippen LogP contribution in [-0.2, 0) is 10.8 Å². The van der Waals surface area contributed by atoms with Crippen molar-refractivity contribution < 1.29 is 4.21 Å². The van der Waals surface area contributed by atoms with Crippen LogP contribution in [-0.4, -0.2) is 52.8 Å². The van der Waals surface area contributed by atoms with Crippen LogP contribution in [0.5, 0.6) is 0 Å². The first-order valence-electron chi connectivity index (χ1n) is 5.55. The largest absolute Gasteiger partial charge is 0.316 e. The van der Waals surface area contributed by atoms with Gasteiger partial charge in [0.2, 0.25) is 0 Å². The first-order chi connectivity index (χ1) is 6.75. The van der Waals surface area contributed by atoms with E-state index in [0.29, 0.717) is 6.04 Å². The summed E-state index contributed by atoms with van der Waals surface area (Å²) in [7, 11) is -0.551. The van der Waals surface area contributed by atoms with Crippen molar-refractivity contribution in [1.82, 2.24) is 10.2 Å². The van der Waals surface area contributed by atoms with Gasteiger partial charge < -0.3 is 5.32 Å². The van der Waals surface area contributed by atoms with Gasteiger partial charge in [0.15, 0.2) is 0 Å². The van der Waals surface area contributed by atoms with Crippen LogP contribution in [0, 0.1) is 5.92 Å². The maximum absolute atomic E-state index is 11.3. The molecule has 2 aliphatic rings. The zero-order valence-corrected chi connectivity index (χ0v) is 10.9. The van der Waals surface area contributed by atoms with Gasteiger partial charge in [0.05, 0.1) is 0 Å². The molecule has 2 heterocycles. The predicted molar refractivity (Wildman–Crippen MR) is 67.1 cm³/mol. The van der Waals surface area contributed by atoms with Crippen molar-refractivity contribution in [3.8, 4) is 0 Å². The van der Waals surface area contributed by atoms with Crippen LogP contribution >= 0.6 is 12.4 Å². The van der Waals surface area contributed by atoms with Crippen LogP contribution in [0.4, 0.5) is 0 Å². The Bertz CT molecular complexity index is 221. The zero-order valence-electron chi connectivity index (χ0n) is 9.28. The molecule has 0 aromatic carbocycles. The fraction of sp³-hybridized carbons (Fsp3) is 1.00. The fourth-order valence-electron chi connectivity index (χ4n) is 2.37. The molecule has 1 N–H and O–H groups in total. The Hall–Kier alpha value is 0.360. The van der Waals surface area contributed by atoms with Crippen molar-refractivity contribution in [1.29, 1.82) is 0 Å². The molecule has 0 spiro atoms. The molecular weight excluding hydrogens is 232 g/mol. The van der Waals surface area contributed by atoms with Gasteiger partial charge in [0, 0.05) is 41.4 Å². The minimum absolute atomic E-state index is 0. The number of rotatable bonds is 2. The lowest BCUT2D eigenvalue weighted by molar-refractivity contribution is 0.199. The van der Waals surface area contributed by atoms with Crippen LogP contribution in [0.15, 0.2) is 0 Å². The van der Waals surface area contributed by atoms with E-state index in [1.807, 2.05) is 0 Å². The van der Waals surface area contributed by atoms with Gasteiger partial charge >= 0.3 is 0 Å². The quantitative estimate of drug-likeness (QED) is 0.776. The highest BCUT2D eigenvalue weighted by Crippen LogP contribution is 2.15. The van der Waals surface area contributed by atoms with Crippen molar-refractivity contribution in [3.63, 3.8) is 0 Å². The molecule has 0 aliphatic carbocycles. The average molecular weight is 253 g/mol. The molecule has 0 radical (unpaired) electrons. The van der Waals surface area contributed by atoms with E-state index >= 15 is 0 Å². The Morgan fingerprint density at radius 3 is 2.93 bits per heavy atom. The molecule has 0 aromatic rings. The average Bonchev–Trinajstić information content (AvgIpc) is 2.62. The molecule has 3 unspecified atom stereocenters. The van der Waals surface area contributed by atoms with E-state index in [2.05, 4.69) is 17.1 Å². The van der Waals surface area contributed by atoms with E-state index < -0.39 is 10.8 Å². The maximum Gasteiger partial charge on any atom is 0.0388 e. The molecule has 2 rings (SSSR count). The third-order valence-electron chi connectivity index (χ3n) is 3.31. The smallest absolute Gasteiger partial charge is 0.0388 e. The SMILES string of the molecule is CC1CS(=O)CCN1CC1CCNC1.Cl. The van der Waals surface area contributed by atoms with Crippen molar-refractivity contribution in [2.75, 3.05) is 37.7 Å². The molecule has 0 amide bonds. The molecule has 0 saturated carbocycles. The fourth-order valence-corrected chi connectivity index (χ4v) is 3.72. The van der Waals surface area contributed by atoms with Gasteiger partial charge in [-0.15, -0.1) is 12.4 Å². The van der Waals surface area contributed by atoms with Crippen molar-refractivity contribution in [3.05, 3.63) is 0 Å². The Labute approximate surface area is 101 Å². The molecule has 15 heavy (non-hydrogen) atoms. The lowest BCUT2D eigenvalue weighted by atomic mass is 10.1. The monoisotopic (exact) mass is 252 g/mol. The topological polar surface area (TPSA) is 32.3 Å². The van der Waals surface area contributed by atoms with Crippen molar-refractivity contribution >= 4 is 23.2 Å². The van der Waals surface area contributed by atoms with Crippen molar-refractivity contribution in [2.24, 2.45) is 5.92 Å². The summed E-state index contributed by atoms with van der Waals surface area (Å²) < 4.78 is 11.3. The lowest BCUT2D eigenvalue weighted by Crippen LogP contribution is -2.47. The Morgan fingerprint density at radius 2 is 2.33 bits per heavy atom. The molecule has 2 aliphatic heterocycles. The van der Waals surface area contributed by atoms with Crippen LogP contribution in [0.2, 0.25) is 0 Å². The molecular formula is C10H21ClN2OS. The van der Waals surface area contributed by atoms with Gasteiger partial charge in [-0.3, -0.25) is 9.11 Å². The van der Waals surface area contributed by atoms with Gasteiger partial charge in [-0.1, -0.05) is 0 Å². The molecule has 3 atom stereocenters. The standard InChI is InChI=1S/C10H20N2OS.ClH/c1-9-8-14(13)5-4-12(9)7-10-2-3-11-6-10;/h9-11H,2-8H2,1H3;1H.